The molecule has 1 fully saturated rings. The molecule has 0 N–H and O–H groups in total. The summed E-state index contributed by atoms with van der Waals surface area (Å²) in [4.78, 5) is 13.4. The molecule has 1 aliphatic rings. The van der Waals surface area contributed by atoms with Gasteiger partial charge in [0, 0.05) is 13.1 Å². The van der Waals surface area contributed by atoms with E-state index >= 15 is 0 Å². The molecule has 0 unspecified atom stereocenters. The van der Waals surface area contributed by atoms with Crippen molar-refractivity contribution >= 4 is 0 Å². The minimum atomic E-state index is -0.478. The summed E-state index contributed by atoms with van der Waals surface area (Å²) in [6.07, 6.45) is 1.66. The highest BCUT2D eigenvalue weighted by molar-refractivity contribution is 5.25. The quantitative estimate of drug-likeness (QED) is 0.693. The number of nitroso groups, excluding NO2 is 1. The van der Waals surface area contributed by atoms with E-state index in [1.54, 1.807) is 0 Å². The highest BCUT2D eigenvalue weighted by Crippen LogP contribution is 2.36. The Kier molecular flexibility index (Phi) is 2.82. The molecule has 1 saturated heterocycles. The molecule has 1 heterocycles. The van der Waals surface area contributed by atoms with Crippen molar-refractivity contribution in [2.24, 2.45) is 5.18 Å². The van der Waals surface area contributed by atoms with Crippen molar-refractivity contribution in [3.63, 3.8) is 0 Å². The molecule has 2 rings (SSSR count). The zero-order valence-corrected chi connectivity index (χ0v) is 9.02. The maximum Gasteiger partial charge on any atom is 0.130 e. The van der Waals surface area contributed by atoms with Crippen LogP contribution < -0.4 is 0 Å². The minimum absolute atomic E-state index is 0.478. The molecule has 0 aliphatic carbocycles. The Morgan fingerprint density at radius 3 is 2.33 bits per heavy atom. The first-order valence-electron chi connectivity index (χ1n) is 5.35. The van der Waals surface area contributed by atoms with Crippen molar-refractivity contribution in [3.05, 3.63) is 40.8 Å². The van der Waals surface area contributed by atoms with E-state index < -0.39 is 5.54 Å². The number of nitrogens with zero attached hydrogens (tertiary/aromatic N) is 2. The maximum atomic E-state index is 11.1. The number of rotatable bonds is 2. The fourth-order valence-electron chi connectivity index (χ4n) is 2.17. The highest BCUT2D eigenvalue weighted by atomic mass is 16.3. The SMILES string of the molecule is CN1CCC(N=O)(c2ccccc2)CC1. The molecule has 0 saturated carbocycles. The molecule has 0 bridgehead atoms. The first-order valence-corrected chi connectivity index (χ1v) is 5.35. The van der Waals surface area contributed by atoms with Crippen LogP contribution in [0, 0.1) is 4.91 Å². The van der Waals surface area contributed by atoms with Gasteiger partial charge in [0.05, 0.1) is 0 Å². The average Bonchev–Trinajstić information content (AvgIpc) is 2.32. The van der Waals surface area contributed by atoms with Gasteiger partial charge in [-0.05, 0) is 25.5 Å². The Bertz CT molecular complexity index is 329. The summed E-state index contributed by atoms with van der Waals surface area (Å²) in [5.74, 6) is 0. The van der Waals surface area contributed by atoms with E-state index in [-0.39, 0.29) is 0 Å². The van der Waals surface area contributed by atoms with Crippen LogP contribution in [0.2, 0.25) is 0 Å². The lowest BCUT2D eigenvalue weighted by molar-refractivity contribution is 0.191. The first kappa shape index (κ1) is 10.3. The second-order valence-electron chi connectivity index (χ2n) is 4.29. The Morgan fingerprint density at radius 1 is 1.20 bits per heavy atom. The summed E-state index contributed by atoms with van der Waals surface area (Å²) in [7, 11) is 2.08. The van der Waals surface area contributed by atoms with Crippen LogP contribution in [0.15, 0.2) is 35.5 Å². The summed E-state index contributed by atoms with van der Waals surface area (Å²) < 4.78 is 0. The normalized spacial score (nSPS) is 21.1. The summed E-state index contributed by atoms with van der Waals surface area (Å²) in [6.45, 7) is 1.89. The topological polar surface area (TPSA) is 32.7 Å². The van der Waals surface area contributed by atoms with Crippen LogP contribution in [0.1, 0.15) is 18.4 Å². The predicted molar refractivity (Wildman–Crippen MR) is 60.6 cm³/mol. The standard InChI is InChI=1S/C12H16N2O/c1-14-9-7-12(13-15,8-10-14)11-5-3-2-4-6-11/h2-6H,7-10H2,1H3. The van der Waals surface area contributed by atoms with Crippen LogP contribution in [-0.2, 0) is 5.54 Å². The van der Waals surface area contributed by atoms with Crippen molar-refractivity contribution in [1.29, 1.82) is 0 Å². The largest absolute Gasteiger partial charge is 0.306 e. The number of likely N-dealkylation sites (tertiary alicyclic amines) is 1. The van der Waals surface area contributed by atoms with E-state index in [2.05, 4.69) is 17.1 Å². The fraction of sp³-hybridized carbons (Fsp3) is 0.500. The van der Waals surface area contributed by atoms with Crippen LogP contribution in [0.3, 0.4) is 0 Å². The number of piperidine rings is 1. The van der Waals surface area contributed by atoms with Crippen LogP contribution in [-0.4, -0.2) is 25.0 Å². The molecule has 1 aliphatic heterocycles. The Labute approximate surface area is 90.1 Å². The maximum absolute atomic E-state index is 11.1. The zero-order valence-electron chi connectivity index (χ0n) is 9.02. The molecule has 3 nitrogen and oxygen atoms in total. The van der Waals surface area contributed by atoms with Crippen molar-refractivity contribution in [1.82, 2.24) is 4.90 Å². The molecule has 0 aromatic heterocycles. The van der Waals surface area contributed by atoms with Gasteiger partial charge in [0.25, 0.3) is 0 Å². The Hall–Kier alpha value is -1.22. The zero-order chi connectivity index (χ0) is 10.7. The van der Waals surface area contributed by atoms with E-state index in [1.807, 2.05) is 30.3 Å². The van der Waals surface area contributed by atoms with Gasteiger partial charge in [-0.15, -0.1) is 4.91 Å². The average molecular weight is 204 g/mol. The molecule has 15 heavy (non-hydrogen) atoms. The van der Waals surface area contributed by atoms with Crippen LogP contribution in [0.5, 0.6) is 0 Å². The fourth-order valence-corrected chi connectivity index (χ4v) is 2.17. The first-order chi connectivity index (χ1) is 7.27. The molecule has 0 radical (unpaired) electrons. The molecule has 3 heteroatoms. The molecule has 80 valence electrons. The molecule has 0 amide bonds. The molecule has 1 aromatic carbocycles. The van der Waals surface area contributed by atoms with Crippen molar-refractivity contribution < 1.29 is 0 Å². The second kappa shape index (κ2) is 4.11. The van der Waals surface area contributed by atoms with E-state index in [0.29, 0.717) is 0 Å². The van der Waals surface area contributed by atoms with Crippen LogP contribution in [0.4, 0.5) is 0 Å². The Morgan fingerprint density at radius 2 is 1.80 bits per heavy atom. The monoisotopic (exact) mass is 204 g/mol. The summed E-state index contributed by atoms with van der Waals surface area (Å²) in [5, 5.41) is 3.41. The van der Waals surface area contributed by atoms with Gasteiger partial charge in [-0.2, -0.15) is 0 Å². The second-order valence-corrected chi connectivity index (χ2v) is 4.29. The molecular weight excluding hydrogens is 188 g/mol. The van der Waals surface area contributed by atoms with E-state index in [4.69, 9.17) is 0 Å². The van der Waals surface area contributed by atoms with Crippen LogP contribution in [0.25, 0.3) is 0 Å². The van der Waals surface area contributed by atoms with Gasteiger partial charge in [-0.3, -0.25) is 0 Å². The predicted octanol–water partition coefficient (Wildman–Crippen LogP) is 2.37. The van der Waals surface area contributed by atoms with E-state index in [1.165, 1.54) is 0 Å². The molecule has 1 aromatic rings. The minimum Gasteiger partial charge on any atom is -0.306 e. The van der Waals surface area contributed by atoms with Gasteiger partial charge in [0.1, 0.15) is 5.54 Å². The van der Waals surface area contributed by atoms with Gasteiger partial charge in [-0.1, -0.05) is 35.5 Å². The molecule has 0 atom stereocenters. The summed E-state index contributed by atoms with van der Waals surface area (Å²) >= 11 is 0. The van der Waals surface area contributed by atoms with Gasteiger partial charge in [0.15, 0.2) is 0 Å². The molecule has 0 spiro atoms. The number of benzene rings is 1. The lowest BCUT2D eigenvalue weighted by Crippen LogP contribution is -2.39. The third-order valence-electron chi connectivity index (χ3n) is 3.30. The van der Waals surface area contributed by atoms with Crippen molar-refractivity contribution in [2.45, 2.75) is 18.4 Å². The third kappa shape index (κ3) is 1.92. The van der Waals surface area contributed by atoms with Crippen molar-refractivity contribution in [3.8, 4) is 0 Å². The van der Waals surface area contributed by atoms with Crippen LogP contribution >= 0.6 is 0 Å². The van der Waals surface area contributed by atoms with E-state index in [9.17, 15) is 4.91 Å². The van der Waals surface area contributed by atoms with Crippen molar-refractivity contribution in [2.75, 3.05) is 20.1 Å². The summed E-state index contributed by atoms with van der Waals surface area (Å²) in [5.41, 5.74) is 0.585. The highest BCUT2D eigenvalue weighted by Gasteiger charge is 2.36. The number of hydrogen-bond acceptors (Lipinski definition) is 3. The van der Waals surface area contributed by atoms with E-state index in [0.717, 1.165) is 31.5 Å². The molecular formula is C12H16N2O. The smallest absolute Gasteiger partial charge is 0.130 e. The van der Waals surface area contributed by atoms with Gasteiger partial charge in [0.2, 0.25) is 0 Å². The lowest BCUT2D eigenvalue weighted by Gasteiger charge is -2.35. The Balaban J connectivity index is 2.27. The lowest BCUT2D eigenvalue weighted by atomic mass is 9.82. The number of hydrogen-bond donors (Lipinski definition) is 0. The van der Waals surface area contributed by atoms with Gasteiger partial charge >= 0.3 is 0 Å². The van der Waals surface area contributed by atoms with Gasteiger partial charge in [-0.25, -0.2) is 0 Å². The third-order valence-corrected chi connectivity index (χ3v) is 3.30. The van der Waals surface area contributed by atoms with Gasteiger partial charge < -0.3 is 4.90 Å². The summed E-state index contributed by atoms with van der Waals surface area (Å²) in [6, 6.07) is 9.93.